The number of nitrogens with one attached hydrogen (secondary N) is 1. The van der Waals surface area contributed by atoms with E-state index in [2.05, 4.69) is 29.6 Å². The Bertz CT molecular complexity index is 615. The molecule has 0 fully saturated rings. The van der Waals surface area contributed by atoms with Gasteiger partial charge >= 0.3 is 0 Å². The lowest BCUT2D eigenvalue weighted by Gasteiger charge is -2.15. The van der Waals surface area contributed by atoms with Crippen LogP contribution in [0.5, 0.6) is 0 Å². The van der Waals surface area contributed by atoms with Crippen molar-refractivity contribution in [1.82, 2.24) is 5.32 Å². The van der Waals surface area contributed by atoms with Crippen molar-refractivity contribution in [2.24, 2.45) is 0 Å². The summed E-state index contributed by atoms with van der Waals surface area (Å²) in [6.07, 6.45) is 1.87. The van der Waals surface area contributed by atoms with Crippen LogP contribution in [0.2, 0.25) is 0 Å². The van der Waals surface area contributed by atoms with E-state index in [0.29, 0.717) is 0 Å². The van der Waals surface area contributed by atoms with Gasteiger partial charge in [0.05, 0.1) is 0 Å². The maximum atomic E-state index is 12.5. The van der Waals surface area contributed by atoms with E-state index in [4.69, 9.17) is 0 Å². The molecule has 0 aromatic heterocycles. The standard InChI is InChI=1S/C18H19NO/c1-12-6-5-7-13(2)17(12)18(20)19-16-10-14-8-3-4-9-15(14)11-16/h3-9,16H,10-11H2,1-2H3,(H,19,20). The first-order valence-electron chi connectivity index (χ1n) is 7.09. The summed E-state index contributed by atoms with van der Waals surface area (Å²) < 4.78 is 0. The molecule has 3 rings (SSSR count). The monoisotopic (exact) mass is 265 g/mol. The van der Waals surface area contributed by atoms with Crippen molar-refractivity contribution in [1.29, 1.82) is 0 Å². The third kappa shape index (κ3) is 2.34. The molecule has 0 saturated heterocycles. The number of carbonyl (C=O) groups excluding carboxylic acids is 1. The third-order valence-electron chi connectivity index (χ3n) is 4.09. The number of amides is 1. The molecule has 2 nitrogen and oxygen atoms in total. The molecule has 0 bridgehead atoms. The van der Waals surface area contributed by atoms with Crippen molar-refractivity contribution in [3.63, 3.8) is 0 Å². The summed E-state index contributed by atoms with van der Waals surface area (Å²) in [5, 5.41) is 3.18. The summed E-state index contributed by atoms with van der Waals surface area (Å²) in [6, 6.07) is 14.6. The van der Waals surface area contributed by atoms with Crippen LogP contribution in [-0.4, -0.2) is 11.9 Å². The van der Waals surface area contributed by atoms with Crippen LogP contribution in [0.4, 0.5) is 0 Å². The van der Waals surface area contributed by atoms with E-state index < -0.39 is 0 Å². The van der Waals surface area contributed by atoms with Gasteiger partial charge < -0.3 is 5.32 Å². The molecule has 20 heavy (non-hydrogen) atoms. The van der Waals surface area contributed by atoms with Crippen LogP contribution in [0.25, 0.3) is 0 Å². The average Bonchev–Trinajstić information content (AvgIpc) is 2.80. The predicted molar refractivity (Wildman–Crippen MR) is 81.0 cm³/mol. The highest BCUT2D eigenvalue weighted by Crippen LogP contribution is 2.22. The summed E-state index contributed by atoms with van der Waals surface area (Å²) in [7, 11) is 0. The van der Waals surface area contributed by atoms with E-state index in [0.717, 1.165) is 29.5 Å². The number of benzene rings is 2. The van der Waals surface area contributed by atoms with Gasteiger partial charge in [-0.2, -0.15) is 0 Å². The smallest absolute Gasteiger partial charge is 0.252 e. The van der Waals surface area contributed by atoms with Gasteiger partial charge in [0, 0.05) is 11.6 Å². The van der Waals surface area contributed by atoms with Gasteiger partial charge in [-0.1, -0.05) is 42.5 Å². The molecule has 0 aliphatic heterocycles. The van der Waals surface area contributed by atoms with Gasteiger partial charge in [-0.25, -0.2) is 0 Å². The zero-order valence-corrected chi connectivity index (χ0v) is 11.9. The molecule has 1 amide bonds. The fraction of sp³-hybridized carbons (Fsp3) is 0.278. The highest BCUT2D eigenvalue weighted by Gasteiger charge is 2.23. The minimum absolute atomic E-state index is 0.0541. The molecule has 0 spiro atoms. The lowest BCUT2D eigenvalue weighted by Crippen LogP contribution is -2.36. The van der Waals surface area contributed by atoms with Gasteiger partial charge in [0.15, 0.2) is 0 Å². The van der Waals surface area contributed by atoms with E-state index in [1.165, 1.54) is 11.1 Å². The Labute approximate surface area is 119 Å². The van der Waals surface area contributed by atoms with Crippen LogP contribution in [0.15, 0.2) is 42.5 Å². The zero-order valence-electron chi connectivity index (χ0n) is 11.9. The molecule has 0 radical (unpaired) electrons. The second-order valence-corrected chi connectivity index (χ2v) is 5.61. The molecule has 0 heterocycles. The Kier molecular flexibility index (Phi) is 3.31. The van der Waals surface area contributed by atoms with Crippen molar-refractivity contribution in [3.05, 3.63) is 70.3 Å². The minimum atomic E-state index is 0.0541. The van der Waals surface area contributed by atoms with Crippen molar-refractivity contribution in [3.8, 4) is 0 Å². The Balaban J connectivity index is 1.76. The van der Waals surface area contributed by atoms with E-state index in [-0.39, 0.29) is 11.9 Å². The Hall–Kier alpha value is -2.09. The first-order chi connectivity index (χ1) is 9.65. The van der Waals surface area contributed by atoms with E-state index >= 15 is 0 Å². The van der Waals surface area contributed by atoms with Gasteiger partial charge in [0.25, 0.3) is 5.91 Å². The second kappa shape index (κ2) is 5.12. The van der Waals surface area contributed by atoms with Crippen LogP contribution in [-0.2, 0) is 12.8 Å². The molecular formula is C18H19NO. The molecule has 0 saturated carbocycles. The molecule has 2 aromatic carbocycles. The number of carbonyl (C=O) groups is 1. The van der Waals surface area contributed by atoms with E-state index in [1.807, 2.05) is 32.0 Å². The van der Waals surface area contributed by atoms with Crippen molar-refractivity contribution >= 4 is 5.91 Å². The Morgan fingerprint density at radius 1 is 0.950 bits per heavy atom. The minimum Gasteiger partial charge on any atom is -0.349 e. The maximum Gasteiger partial charge on any atom is 0.252 e. The number of hydrogen-bond donors (Lipinski definition) is 1. The molecule has 2 aromatic rings. The quantitative estimate of drug-likeness (QED) is 0.887. The number of aryl methyl sites for hydroxylation is 2. The molecular weight excluding hydrogens is 246 g/mol. The first kappa shape index (κ1) is 12.9. The van der Waals surface area contributed by atoms with Crippen molar-refractivity contribution in [2.75, 3.05) is 0 Å². The van der Waals surface area contributed by atoms with Gasteiger partial charge in [-0.05, 0) is 48.9 Å². The number of fused-ring (bicyclic) bond motifs is 1. The lowest BCUT2D eigenvalue weighted by molar-refractivity contribution is 0.0937. The predicted octanol–water partition coefficient (Wildman–Crippen LogP) is 3.20. The molecule has 0 atom stereocenters. The highest BCUT2D eigenvalue weighted by atomic mass is 16.1. The van der Waals surface area contributed by atoms with Crippen molar-refractivity contribution < 1.29 is 4.79 Å². The molecule has 102 valence electrons. The fourth-order valence-electron chi connectivity index (χ4n) is 3.09. The molecule has 2 heteroatoms. The van der Waals surface area contributed by atoms with Crippen molar-refractivity contribution in [2.45, 2.75) is 32.7 Å². The molecule has 1 aliphatic carbocycles. The van der Waals surface area contributed by atoms with Crippen LogP contribution >= 0.6 is 0 Å². The molecule has 1 aliphatic rings. The van der Waals surface area contributed by atoms with Gasteiger partial charge in [0.1, 0.15) is 0 Å². The van der Waals surface area contributed by atoms with E-state index in [1.54, 1.807) is 0 Å². The summed E-state index contributed by atoms with van der Waals surface area (Å²) in [6.45, 7) is 3.98. The number of rotatable bonds is 2. The first-order valence-corrected chi connectivity index (χ1v) is 7.09. The number of hydrogen-bond acceptors (Lipinski definition) is 1. The van der Waals surface area contributed by atoms with Gasteiger partial charge in [-0.3, -0.25) is 4.79 Å². The second-order valence-electron chi connectivity index (χ2n) is 5.61. The maximum absolute atomic E-state index is 12.5. The Morgan fingerprint density at radius 3 is 2.05 bits per heavy atom. The van der Waals surface area contributed by atoms with Gasteiger partial charge in [0.2, 0.25) is 0 Å². The largest absolute Gasteiger partial charge is 0.349 e. The summed E-state index contributed by atoms with van der Waals surface area (Å²) in [5.74, 6) is 0.0541. The van der Waals surface area contributed by atoms with E-state index in [9.17, 15) is 4.79 Å². The SMILES string of the molecule is Cc1cccc(C)c1C(=O)NC1Cc2ccccc2C1. The van der Waals surface area contributed by atoms with Crippen LogP contribution in [0.1, 0.15) is 32.6 Å². The van der Waals surface area contributed by atoms with Crippen LogP contribution < -0.4 is 5.32 Å². The van der Waals surface area contributed by atoms with Gasteiger partial charge in [-0.15, -0.1) is 0 Å². The summed E-state index contributed by atoms with van der Waals surface area (Å²) >= 11 is 0. The topological polar surface area (TPSA) is 29.1 Å². The van der Waals surface area contributed by atoms with Crippen LogP contribution in [0.3, 0.4) is 0 Å². The normalized spacial score (nSPS) is 14.1. The highest BCUT2D eigenvalue weighted by molar-refractivity contribution is 5.97. The zero-order chi connectivity index (χ0) is 14.1. The molecule has 1 N–H and O–H groups in total. The average molecular weight is 265 g/mol. The summed E-state index contributed by atoms with van der Waals surface area (Å²) in [4.78, 5) is 12.5. The lowest BCUT2D eigenvalue weighted by atomic mass is 10.0. The molecule has 0 unspecified atom stereocenters. The Morgan fingerprint density at radius 2 is 1.50 bits per heavy atom. The third-order valence-corrected chi connectivity index (χ3v) is 4.09. The fourth-order valence-corrected chi connectivity index (χ4v) is 3.09. The van der Waals surface area contributed by atoms with Crippen LogP contribution in [0, 0.1) is 13.8 Å². The summed E-state index contributed by atoms with van der Waals surface area (Å²) in [5.41, 5.74) is 5.62.